The minimum Gasteiger partial charge on any atom is -0.486 e. The highest BCUT2D eigenvalue weighted by molar-refractivity contribution is 7.21. The highest BCUT2D eigenvalue weighted by Gasteiger charge is 2.35. The molecule has 0 spiro atoms. The van der Waals surface area contributed by atoms with Crippen molar-refractivity contribution in [3.8, 4) is 16.9 Å². The third kappa shape index (κ3) is 5.94. The van der Waals surface area contributed by atoms with Crippen LogP contribution in [0.3, 0.4) is 0 Å². The highest BCUT2D eigenvalue weighted by Crippen LogP contribution is 2.43. The molecule has 0 saturated carbocycles. The Kier molecular flexibility index (Phi) is 7.55. The number of rotatable bonds is 8. The SMILES string of the molecule is CC(C)c1ccc(OCc2ccc(C(=O)Nc3c(C(N)=O)sc4nc(C(F)(F)F)cc(-c5ccccc5)c34)o2)cc1. The third-order valence-electron chi connectivity index (χ3n) is 6.31. The molecule has 0 aliphatic carbocycles. The Hall–Kier alpha value is -4.64. The van der Waals surface area contributed by atoms with Crippen molar-refractivity contribution in [1.82, 2.24) is 4.98 Å². The number of fused-ring (bicyclic) bond motifs is 1. The number of nitrogens with zero attached hydrogens (tertiary/aromatic N) is 1. The number of pyridine rings is 1. The first-order chi connectivity index (χ1) is 19.5. The van der Waals surface area contributed by atoms with Gasteiger partial charge in [-0.2, -0.15) is 13.2 Å². The van der Waals surface area contributed by atoms with Gasteiger partial charge in [-0.15, -0.1) is 11.3 Å². The maximum atomic E-state index is 13.7. The molecule has 11 heteroatoms. The lowest BCUT2D eigenvalue weighted by Gasteiger charge is -2.12. The zero-order valence-corrected chi connectivity index (χ0v) is 22.7. The van der Waals surface area contributed by atoms with E-state index in [0.717, 1.165) is 6.07 Å². The van der Waals surface area contributed by atoms with E-state index in [1.807, 2.05) is 24.3 Å². The Labute approximate surface area is 236 Å². The van der Waals surface area contributed by atoms with Gasteiger partial charge in [-0.05, 0) is 52.9 Å². The molecule has 0 atom stereocenters. The largest absolute Gasteiger partial charge is 0.486 e. The number of carbonyl (C=O) groups is 2. The van der Waals surface area contributed by atoms with Gasteiger partial charge in [0.05, 0.1) is 5.69 Å². The van der Waals surface area contributed by atoms with E-state index in [4.69, 9.17) is 14.9 Å². The number of amides is 2. The van der Waals surface area contributed by atoms with Crippen molar-refractivity contribution >= 4 is 39.1 Å². The first-order valence-corrected chi connectivity index (χ1v) is 13.4. The Morgan fingerprint density at radius 2 is 1.76 bits per heavy atom. The molecule has 3 N–H and O–H groups in total. The number of hydrogen-bond donors (Lipinski definition) is 2. The number of nitrogens with one attached hydrogen (secondary N) is 1. The molecule has 0 fully saturated rings. The fourth-order valence-corrected chi connectivity index (χ4v) is 5.24. The van der Waals surface area contributed by atoms with Crippen LogP contribution < -0.4 is 15.8 Å². The molecule has 5 rings (SSSR count). The van der Waals surface area contributed by atoms with Gasteiger partial charge in [0.2, 0.25) is 0 Å². The summed E-state index contributed by atoms with van der Waals surface area (Å²) in [7, 11) is 0. The number of ether oxygens (including phenoxy) is 1. The normalized spacial score (nSPS) is 11.7. The minimum absolute atomic E-state index is 0.0398. The molecule has 0 bridgehead atoms. The molecule has 0 aliphatic heterocycles. The Morgan fingerprint density at radius 3 is 2.39 bits per heavy atom. The third-order valence-corrected chi connectivity index (χ3v) is 7.41. The molecule has 0 aliphatic rings. The molecule has 5 aromatic rings. The quantitative estimate of drug-likeness (QED) is 0.197. The monoisotopic (exact) mass is 579 g/mol. The molecular formula is C30H24F3N3O4S. The Bertz CT molecular complexity index is 1730. The molecule has 0 saturated heterocycles. The highest BCUT2D eigenvalue weighted by atomic mass is 32.1. The summed E-state index contributed by atoms with van der Waals surface area (Å²) in [5, 5.41) is 2.78. The van der Waals surface area contributed by atoms with Gasteiger partial charge in [-0.25, -0.2) is 4.98 Å². The lowest BCUT2D eigenvalue weighted by molar-refractivity contribution is -0.140. The predicted molar refractivity (Wildman–Crippen MR) is 150 cm³/mol. The number of nitrogens with two attached hydrogens (primary N) is 1. The van der Waals surface area contributed by atoms with E-state index in [9.17, 15) is 22.8 Å². The molecule has 0 radical (unpaired) electrons. The second-order valence-electron chi connectivity index (χ2n) is 9.50. The van der Waals surface area contributed by atoms with Crippen LogP contribution in [0.4, 0.5) is 18.9 Å². The van der Waals surface area contributed by atoms with E-state index in [-0.39, 0.29) is 38.7 Å². The molecule has 2 aromatic carbocycles. The maximum absolute atomic E-state index is 13.7. The summed E-state index contributed by atoms with van der Waals surface area (Å²) in [6.07, 6.45) is -4.74. The molecule has 210 valence electrons. The second kappa shape index (κ2) is 11.1. The predicted octanol–water partition coefficient (Wildman–Crippen LogP) is 7.63. The van der Waals surface area contributed by atoms with Crippen molar-refractivity contribution < 1.29 is 31.9 Å². The zero-order chi connectivity index (χ0) is 29.3. The first kappa shape index (κ1) is 27.9. The first-order valence-electron chi connectivity index (χ1n) is 12.5. The average molecular weight is 580 g/mol. The van der Waals surface area contributed by atoms with Crippen molar-refractivity contribution in [3.05, 3.63) is 100 Å². The number of alkyl halides is 3. The van der Waals surface area contributed by atoms with Gasteiger partial charge < -0.3 is 20.2 Å². The van der Waals surface area contributed by atoms with Crippen LogP contribution >= 0.6 is 11.3 Å². The zero-order valence-electron chi connectivity index (χ0n) is 21.9. The lowest BCUT2D eigenvalue weighted by atomic mass is 10.0. The van der Waals surface area contributed by atoms with Gasteiger partial charge in [0.1, 0.15) is 33.5 Å². The van der Waals surface area contributed by atoms with Crippen molar-refractivity contribution in [2.45, 2.75) is 32.5 Å². The van der Waals surface area contributed by atoms with E-state index in [2.05, 4.69) is 24.1 Å². The van der Waals surface area contributed by atoms with E-state index in [0.29, 0.717) is 34.3 Å². The van der Waals surface area contributed by atoms with Gasteiger partial charge in [-0.1, -0.05) is 56.3 Å². The number of thiophene rings is 1. The van der Waals surface area contributed by atoms with Crippen LogP contribution in [0.5, 0.6) is 5.75 Å². The van der Waals surface area contributed by atoms with Gasteiger partial charge in [0.25, 0.3) is 11.8 Å². The van der Waals surface area contributed by atoms with Gasteiger partial charge in [0.15, 0.2) is 5.76 Å². The van der Waals surface area contributed by atoms with Crippen molar-refractivity contribution in [2.75, 3.05) is 5.32 Å². The smallest absolute Gasteiger partial charge is 0.433 e. The minimum atomic E-state index is -4.74. The van der Waals surface area contributed by atoms with E-state index in [1.54, 1.807) is 36.4 Å². The Balaban J connectivity index is 1.46. The second-order valence-corrected chi connectivity index (χ2v) is 10.5. The van der Waals surface area contributed by atoms with E-state index < -0.39 is 23.7 Å². The van der Waals surface area contributed by atoms with Crippen molar-refractivity contribution in [1.29, 1.82) is 0 Å². The van der Waals surface area contributed by atoms with Crippen LogP contribution in [0, 0.1) is 0 Å². The molecule has 3 aromatic heterocycles. The average Bonchev–Trinajstić information content (AvgIpc) is 3.57. The Morgan fingerprint density at radius 1 is 1.05 bits per heavy atom. The maximum Gasteiger partial charge on any atom is 0.433 e. The fourth-order valence-electron chi connectivity index (χ4n) is 4.24. The topological polar surface area (TPSA) is 107 Å². The number of halogens is 3. The standard InChI is InChI=1S/C30H24F3N3O4S/c1-16(2)17-8-10-19(11-9-17)39-15-20-12-13-22(40-20)28(38)36-25-24-21(18-6-4-3-5-7-18)14-23(30(31,32)33)35-29(24)41-26(25)27(34)37/h3-14,16H,15H2,1-2H3,(H2,34,37)(H,36,38). The molecule has 41 heavy (non-hydrogen) atoms. The van der Waals surface area contributed by atoms with Gasteiger partial charge >= 0.3 is 6.18 Å². The molecule has 3 heterocycles. The van der Waals surface area contributed by atoms with E-state index >= 15 is 0 Å². The van der Waals surface area contributed by atoms with Crippen LogP contribution in [-0.2, 0) is 12.8 Å². The van der Waals surface area contributed by atoms with Crippen LogP contribution in [0.1, 0.15) is 57.0 Å². The van der Waals surface area contributed by atoms with Crippen LogP contribution in [-0.4, -0.2) is 16.8 Å². The van der Waals surface area contributed by atoms with Gasteiger partial charge in [0, 0.05) is 5.39 Å². The van der Waals surface area contributed by atoms with Crippen LogP contribution in [0.25, 0.3) is 21.3 Å². The van der Waals surface area contributed by atoms with Crippen LogP contribution in [0.2, 0.25) is 0 Å². The number of benzene rings is 2. The summed E-state index contributed by atoms with van der Waals surface area (Å²) in [5.74, 6) is -0.347. The summed E-state index contributed by atoms with van der Waals surface area (Å²) in [4.78, 5) is 29.0. The number of anilines is 1. The molecule has 2 amide bonds. The number of aromatic nitrogens is 1. The molecule has 0 unspecified atom stereocenters. The van der Waals surface area contributed by atoms with E-state index in [1.165, 1.54) is 11.6 Å². The van der Waals surface area contributed by atoms with Crippen molar-refractivity contribution in [2.24, 2.45) is 5.73 Å². The molecule has 7 nitrogen and oxygen atoms in total. The molecular weight excluding hydrogens is 555 g/mol. The summed E-state index contributed by atoms with van der Waals surface area (Å²) in [6, 6.07) is 19.8. The van der Waals surface area contributed by atoms with Crippen LogP contribution in [0.15, 0.2) is 77.2 Å². The number of primary amides is 1. The number of carbonyl (C=O) groups excluding carboxylic acids is 2. The number of furan rings is 1. The number of hydrogen-bond acceptors (Lipinski definition) is 6. The summed E-state index contributed by atoms with van der Waals surface area (Å²) in [5.41, 5.74) is 6.14. The summed E-state index contributed by atoms with van der Waals surface area (Å²) in [6.45, 7) is 4.25. The van der Waals surface area contributed by atoms with Gasteiger partial charge in [-0.3, -0.25) is 9.59 Å². The lowest BCUT2D eigenvalue weighted by Crippen LogP contribution is -2.16. The summed E-state index contributed by atoms with van der Waals surface area (Å²) >= 11 is 0.671. The summed E-state index contributed by atoms with van der Waals surface area (Å²) < 4.78 is 52.5. The van der Waals surface area contributed by atoms with Crippen molar-refractivity contribution in [3.63, 3.8) is 0 Å². The fraction of sp³-hybridized carbons (Fsp3) is 0.167.